The lowest BCUT2D eigenvalue weighted by atomic mass is 9.47. The summed E-state index contributed by atoms with van der Waals surface area (Å²) >= 11 is 0. The van der Waals surface area contributed by atoms with Crippen molar-refractivity contribution in [2.24, 2.45) is 45.4 Å². The van der Waals surface area contributed by atoms with Gasteiger partial charge in [-0.05, 0) is 132 Å². The van der Waals surface area contributed by atoms with Crippen LogP contribution in [-0.4, -0.2) is 48.5 Å². The van der Waals surface area contributed by atoms with Crippen LogP contribution in [0.1, 0.15) is 92.4 Å². The molecule has 0 aromatic carbocycles. The number of likely N-dealkylation sites (N-methyl/N-ethyl adjacent to an activating group) is 1. The molecule has 1 N–H and O–H groups in total. The highest BCUT2D eigenvalue weighted by Crippen LogP contribution is 2.67. The van der Waals surface area contributed by atoms with Crippen LogP contribution in [0, 0.1) is 40.4 Å². The SMILES string of the molecule is CC(C)=C1CCN=C1CC(C)C1CCC2C3=CCC4C(O)C(N(C)C)CCC4(C)C3CCC21C. The minimum atomic E-state index is -0.187. The van der Waals surface area contributed by atoms with Gasteiger partial charge in [-0.2, -0.15) is 0 Å². The molecule has 3 saturated carbocycles. The minimum absolute atomic E-state index is 0.187. The number of aliphatic hydroxyl groups excluding tert-OH is 1. The summed E-state index contributed by atoms with van der Waals surface area (Å²) < 4.78 is 0. The molecule has 4 aliphatic carbocycles. The van der Waals surface area contributed by atoms with Gasteiger partial charge in [0.15, 0.2) is 0 Å². The summed E-state index contributed by atoms with van der Waals surface area (Å²) in [4.78, 5) is 7.21. The summed E-state index contributed by atoms with van der Waals surface area (Å²) in [7, 11) is 4.29. The highest BCUT2D eigenvalue weighted by molar-refractivity contribution is 6.02. The van der Waals surface area contributed by atoms with E-state index in [9.17, 15) is 5.11 Å². The van der Waals surface area contributed by atoms with Crippen molar-refractivity contribution in [1.82, 2.24) is 4.90 Å². The normalized spacial score (nSPS) is 44.8. The van der Waals surface area contributed by atoms with E-state index < -0.39 is 0 Å². The zero-order chi connectivity index (χ0) is 24.4. The van der Waals surface area contributed by atoms with Gasteiger partial charge >= 0.3 is 0 Å². The Balaban J connectivity index is 1.36. The third kappa shape index (κ3) is 3.71. The molecular weight excluding hydrogens is 416 g/mol. The number of fused-ring (bicyclic) bond motifs is 5. The Hall–Kier alpha value is -0.930. The van der Waals surface area contributed by atoms with Crippen LogP contribution >= 0.6 is 0 Å². The average Bonchev–Trinajstić information content (AvgIpc) is 3.37. The van der Waals surface area contributed by atoms with Gasteiger partial charge in [0.05, 0.1) is 6.10 Å². The van der Waals surface area contributed by atoms with E-state index in [-0.39, 0.29) is 11.5 Å². The molecule has 0 saturated heterocycles. The van der Waals surface area contributed by atoms with Crippen LogP contribution in [0.3, 0.4) is 0 Å². The van der Waals surface area contributed by atoms with E-state index in [1.54, 1.807) is 11.1 Å². The highest BCUT2D eigenvalue weighted by atomic mass is 16.3. The first-order valence-corrected chi connectivity index (χ1v) is 14.3. The fraction of sp³-hybridized carbons (Fsp3) is 0.839. The molecule has 0 spiro atoms. The van der Waals surface area contributed by atoms with Crippen LogP contribution in [0.4, 0.5) is 0 Å². The van der Waals surface area contributed by atoms with Gasteiger partial charge in [0.1, 0.15) is 0 Å². The molecule has 0 amide bonds. The molecule has 5 rings (SSSR count). The molecule has 0 aromatic rings. The molecule has 3 nitrogen and oxygen atoms in total. The van der Waals surface area contributed by atoms with Gasteiger partial charge in [0.25, 0.3) is 0 Å². The number of hydrogen-bond acceptors (Lipinski definition) is 3. The first-order valence-electron chi connectivity index (χ1n) is 14.3. The maximum Gasteiger partial charge on any atom is 0.0731 e. The summed E-state index contributed by atoms with van der Waals surface area (Å²) in [5.41, 5.74) is 6.97. The van der Waals surface area contributed by atoms with Gasteiger partial charge in [0, 0.05) is 18.3 Å². The van der Waals surface area contributed by atoms with E-state index in [4.69, 9.17) is 4.99 Å². The van der Waals surface area contributed by atoms with Crippen molar-refractivity contribution in [3.8, 4) is 0 Å². The molecule has 5 aliphatic rings. The minimum Gasteiger partial charge on any atom is -0.391 e. The standard InChI is InChI=1S/C31H50N2O/c1-19(2)21-14-17-32-27(21)18-20(3)23-10-11-24-22-8-9-26-29(34)28(33(6)7)13-16-31(26,5)25(22)12-15-30(23,24)4/h8,20,23-26,28-29,34H,9-18H2,1-7H3. The maximum absolute atomic E-state index is 11.4. The molecule has 0 bridgehead atoms. The number of hydrogen-bond donors (Lipinski definition) is 1. The molecule has 9 unspecified atom stereocenters. The van der Waals surface area contributed by atoms with Crippen molar-refractivity contribution in [3.63, 3.8) is 0 Å². The zero-order valence-electron chi connectivity index (χ0n) is 23.0. The molecule has 0 radical (unpaired) electrons. The topological polar surface area (TPSA) is 35.8 Å². The number of rotatable bonds is 4. The van der Waals surface area contributed by atoms with Gasteiger partial charge in [-0.25, -0.2) is 0 Å². The lowest BCUT2D eigenvalue weighted by Crippen LogP contribution is -2.57. The van der Waals surface area contributed by atoms with Gasteiger partial charge in [-0.3, -0.25) is 4.99 Å². The van der Waals surface area contributed by atoms with Gasteiger partial charge < -0.3 is 10.0 Å². The van der Waals surface area contributed by atoms with Crippen molar-refractivity contribution in [2.45, 2.75) is 105 Å². The molecule has 190 valence electrons. The monoisotopic (exact) mass is 466 g/mol. The second kappa shape index (κ2) is 8.87. The molecule has 9 atom stereocenters. The third-order valence-electron chi connectivity index (χ3n) is 11.7. The van der Waals surface area contributed by atoms with Crippen molar-refractivity contribution < 1.29 is 5.11 Å². The average molecular weight is 467 g/mol. The number of aliphatic imine (C=N–C) groups is 1. The summed E-state index contributed by atoms with van der Waals surface area (Å²) in [5.74, 6) is 3.39. The van der Waals surface area contributed by atoms with E-state index >= 15 is 0 Å². The Morgan fingerprint density at radius 1 is 1.09 bits per heavy atom. The quantitative estimate of drug-likeness (QED) is 0.469. The first kappa shape index (κ1) is 24.8. The van der Waals surface area contributed by atoms with Crippen LogP contribution < -0.4 is 0 Å². The van der Waals surface area contributed by atoms with E-state index in [2.05, 4.69) is 59.7 Å². The molecule has 3 heteroatoms. The molecule has 1 aliphatic heterocycles. The molecular formula is C31H50N2O. The third-order valence-corrected chi connectivity index (χ3v) is 11.7. The number of aliphatic hydroxyl groups is 1. The maximum atomic E-state index is 11.4. The number of nitrogens with zero attached hydrogens (tertiary/aromatic N) is 2. The summed E-state index contributed by atoms with van der Waals surface area (Å²) in [6.07, 6.45) is 13.7. The number of allylic oxidation sites excluding steroid dienone is 3. The molecule has 0 aromatic heterocycles. The van der Waals surface area contributed by atoms with Gasteiger partial charge in [-0.15, -0.1) is 0 Å². The van der Waals surface area contributed by atoms with Crippen LogP contribution in [0.15, 0.2) is 27.8 Å². The lowest BCUT2D eigenvalue weighted by Gasteiger charge is -2.59. The fourth-order valence-corrected chi connectivity index (χ4v) is 9.82. The fourth-order valence-electron chi connectivity index (χ4n) is 9.82. The van der Waals surface area contributed by atoms with E-state index in [1.165, 1.54) is 49.8 Å². The Morgan fingerprint density at radius 2 is 1.79 bits per heavy atom. The van der Waals surface area contributed by atoms with Gasteiger partial charge in [0.2, 0.25) is 0 Å². The van der Waals surface area contributed by atoms with Gasteiger partial charge in [-0.1, -0.05) is 38.0 Å². The van der Waals surface area contributed by atoms with Crippen LogP contribution in [0.25, 0.3) is 0 Å². The van der Waals surface area contributed by atoms with Crippen molar-refractivity contribution in [1.29, 1.82) is 0 Å². The predicted molar refractivity (Wildman–Crippen MR) is 143 cm³/mol. The zero-order valence-corrected chi connectivity index (χ0v) is 23.0. The molecule has 3 fully saturated rings. The largest absolute Gasteiger partial charge is 0.391 e. The molecule has 34 heavy (non-hydrogen) atoms. The predicted octanol–water partition coefficient (Wildman–Crippen LogP) is 6.67. The van der Waals surface area contributed by atoms with Crippen LogP contribution in [-0.2, 0) is 0 Å². The van der Waals surface area contributed by atoms with Crippen LogP contribution in [0.5, 0.6) is 0 Å². The van der Waals surface area contributed by atoms with Crippen LogP contribution in [0.2, 0.25) is 0 Å². The molecule has 1 heterocycles. The first-order chi connectivity index (χ1) is 16.1. The van der Waals surface area contributed by atoms with E-state index in [1.807, 2.05) is 0 Å². The Labute approximate surface area is 209 Å². The summed E-state index contributed by atoms with van der Waals surface area (Å²) in [6.45, 7) is 13.2. The highest BCUT2D eigenvalue weighted by Gasteiger charge is 2.59. The van der Waals surface area contributed by atoms with Crippen molar-refractivity contribution >= 4 is 5.71 Å². The smallest absolute Gasteiger partial charge is 0.0731 e. The van der Waals surface area contributed by atoms with Crippen molar-refractivity contribution in [2.75, 3.05) is 20.6 Å². The summed E-state index contributed by atoms with van der Waals surface area (Å²) in [5, 5.41) is 11.4. The summed E-state index contributed by atoms with van der Waals surface area (Å²) in [6, 6.07) is 0.322. The lowest BCUT2D eigenvalue weighted by molar-refractivity contribution is -0.100. The Kier molecular flexibility index (Phi) is 6.46. The Morgan fingerprint density at radius 3 is 2.50 bits per heavy atom. The van der Waals surface area contributed by atoms with Crippen molar-refractivity contribution in [3.05, 3.63) is 22.8 Å². The Bertz CT molecular complexity index is 895. The second-order valence-corrected chi connectivity index (χ2v) is 13.7. The second-order valence-electron chi connectivity index (χ2n) is 13.7. The van der Waals surface area contributed by atoms with E-state index in [0.717, 1.165) is 37.6 Å². The van der Waals surface area contributed by atoms with E-state index in [0.29, 0.717) is 29.2 Å².